The van der Waals surface area contributed by atoms with E-state index in [1.807, 2.05) is 31.2 Å². The molecule has 17 heavy (non-hydrogen) atoms. The number of furan rings is 1. The zero-order chi connectivity index (χ0) is 12.3. The summed E-state index contributed by atoms with van der Waals surface area (Å²) in [7, 11) is 0. The van der Waals surface area contributed by atoms with Crippen LogP contribution in [-0.4, -0.2) is 17.6 Å². The number of nitrogens with two attached hydrogens (primary N) is 1. The summed E-state index contributed by atoms with van der Waals surface area (Å²) in [4.78, 5) is 0. The third kappa shape index (κ3) is 2.18. The molecular formula is C12H14N2O3. The normalized spacial score (nSPS) is 11.9. The van der Waals surface area contributed by atoms with E-state index in [1.54, 1.807) is 0 Å². The Hall–Kier alpha value is -2.17. The quantitative estimate of drug-likeness (QED) is 0.367. The zero-order valence-corrected chi connectivity index (χ0v) is 9.51. The first-order valence-electron chi connectivity index (χ1n) is 5.35. The van der Waals surface area contributed by atoms with Crippen LogP contribution >= 0.6 is 0 Å². The lowest BCUT2D eigenvalue weighted by atomic mass is 10.2. The average molecular weight is 234 g/mol. The van der Waals surface area contributed by atoms with Crippen LogP contribution in [0.25, 0.3) is 11.0 Å². The smallest absolute Gasteiger partial charge is 0.177 e. The van der Waals surface area contributed by atoms with Crippen molar-refractivity contribution >= 4 is 16.8 Å². The number of nitrogens with zero attached hydrogens (tertiary/aromatic N) is 1. The summed E-state index contributed by atoms with van der Waals surface area (Å²) in [6.07, 6.45) is 0.722. The number of oxime groups is 1. The van der Waals surface area contributed by atoms with Gasteiger partial charge >= 0.3 is 0 Å². The summed E-state index contributed by atoms with van der Waals surface area (Å²) in [6.45, 7) is 2.01. The summed E-state index contributed by atoms with van der Waals surface area (Å²) in [5.74, 6) is 1.45. The molecule has 3 N–H and O–H groups in total. The largest absolute Gasteiger partial charge is 0.481 e. The Balaban J connectivity index is 2.36. The average Bonchev–Trinajstić information content (AvgIpc) is 2.73. The maximum absolute atomic E-state index is 8.46. The molecule has 0 fully saturated rings. The van der Waals surface area contributed by atoms with E-state index in [0.717, 1.165) is 23.2 Å². The summed E-state index contributed by atoms with van der Waals surface area (Å²) < 4.78 is 11.2. The first-order valence-corrected chi connectivity index (χ1v) is 5.35. The highest BCUT2D eigenvalue weighted by molar-refractivity contribution is 5.86. The van der Waals surface area contributed by atoms with Crippen molar-refractivity contribution in [2.45, 2.75) is 13.3 Å². The van der Waals surface area contributed by atoms with E-state index in [4.69, 9.17) is 20.1 Å². The van der Waals surface area contributed by atoms with Gasteiger partial charge in [0.2, 0.25) is 0 Å². The first kappa shape index (κ1) is 11.3. The van der Waals surface area contributed by atoms with E-state index in [9.17, 15) is 0 Å². The molecule has 0 aliphatic carbocycles. The summed E-state index contributed by atoms with van der Waals surface area (Å²) >= 11 is 0. The van der Waals surface area contributed by atoms with Crippen LogP contribution in [0, 0.1) is 0 Å². The number of hydrogen-bond donors (Lipinski definition) is 2. The Labute approximate surface area is 98.5 Å². The van der Waals surface area contributed by atoms with Gasteiger partial charge in [0.25, 0.3) is 0 Å². The van der Waals surface area contributed by atoms with Crippen LogP contribution in [0.15, 0.2) is 33.8 Å². The minimum absolute atomic E-state index is 0.0253. The van der Waals surface area contributed by atoms with Crippen molar-refractivity contribution in [2.24, 2.45) is 10.9 Å². The molecule has 0 unspecified atom stereocenters. The van der Waals surface area contributed by atoms with Crippen LogP contribution in [-0.2, 0) is 6.42 Å². The van der Waals surface area contributed by atoms with Gasteiger partial charge in [-0.3, -0.25) is 0 Å². The molecule has 0 atom stereocenters. The van der Waals surface area contributed by atoms with Gasteiger partial charge in [0.15, 0.2) is 11.6 Å². The van der Waals surface area contributed by atoms with Crippen molar-refractivity contribution in [1.82, 2.24) is 0 Å². The maximum atomic E-state index is 8.46. The van der Waals surface area contributed by atoms with Crippen molar-refractivity contribution in [2.75, 3.05) is 6.61 Å². The lowest BCUT2D eigenvalue weighted by Crippen LogP contribution is -2.21. The van der Waals surface area contributed by atoms with E-state index in [2.05, 4.69) is 5.16 Å². The molecule has 0 aliphatic heterocycles. The first-order chi connectivity index (χ1) is 8.26. The predicted octanol–water partition coefficient (Wildman–Crippen LogP) is 2.12. The molecular weight excluding hydrogens is 220 g/mol. The van der Waals surface area contributed by atoms with Crippen LogP contribution in [0.1, 0.15) is 12.7 Å². The van der Waals surface area contributed by atoms with Gasteiger partial charge in [0, 0.05) is 6.42 Å². The van der Waals surface area contributed by atoms with E-state index in [-0.39, 0.29) is 12.4 Å². The number of ether oxygens (including phenoxy) is 1. The van der Waals surface area contributed by atoms with Crippen molar-refractivity contribution < 1.29 is 14.4 Å². The molecule has 0 amide bonds. The monoisotopic (exact) mass is 234 g/mol. The Kier molecular flexibility index (Phi) is 3.18. The Morgan fingerprint density at radius 1 is 1.47 bits per heavy atom. The Bertz CT molecular complexity index is 546. The lowest BCUT2D eigenvalue weighted by Gasteiger charge is -2.04. The number of benzene rings is 1. The SMILES string of the molecule is CCc1oc2ccccc2c1OCC(N)=NO. The van der Waals surface area contributed by atoms with Gasteiger partial charge in [-0.05, 0) is 12.1 Å². The number of fused-ring (bicyclic) bond motifs is 1. The summed E-state index contributed by atoms with van der Waals surface area (Å²) in [5.41, 5.74) is 6.15. The summed E-state index contributed by atoms with van der Waals surface area (Å²) in [5, 5.41) is 12.2. The molecule has 0 bridgehead atoms. The van der Waals surface area contributed by atoms with Crippen molar-refractivity contribution in [1.29, 1.82) is 0 Å². The van der Waals surface area contributed by atoms with Gasteiger partial charge in [0.1, 0.15) is 18.0 Å². The van der Waals surface area contributed by atoms with Crippen molar-refractivity contribution in [3.8, 4) is 5.75 Å². The van der Waals surface area contributed by atoms with Crippen molar-refractivity contribution in [3.63, 3.8) is 0 Å². The second kappa shape index (κ2) is 4.78. The number of hydrogen-bond acceptors (Lipinski definition) is 4. The Morgan fingerprint density at radius 2 is 2.24 bits per heavy atom. The fourth-order valence-electron chi connectivity index (χ4n) is 1.64. The maximum Gasteiger partial charge on any atom is 0.177 e. The van der Waals surface area contributed by atoms with Gasteiger partial charge in [0.05, 0.1) is 5.39 Å². The topological polar surface area (TPSA) is 81.0 Å². The Morgan fingerprint density at radius 3 is 2.94 bits per heavy atom. The molecule has 0 spiro atoms. The van der Waals surface area contributed by atoms with E-state index >= 15 is 0 Å². The van der Waals surface area contributed by atoms with Crippen LogP contribution in [0.3, 0.4) is 0 Å². The highest BCUT2D eigenvalue weighted by Gasteiger charge is 2.14. The van der Waals surface area contributed by atoms with Gasteiger partial charge in [-0.1, -0.05) is 24.2 Å². The number of aryl methyl sites for hydroxylation is 1. The summed E-state index contributed by atoms with van der Waals surface area (Å²) in [6, 6.07) is 7.61. The molecule has 1 aromatic carbocycles. The molecule has 0 radical (unpaired) electrons. The predicted molar refractivity (Wildman–Crippen MR) is 64.5 cm³/mol. The fourth-order valence-corrected chi connectivity index (χ4v) is 1.64. The third-order valence-electron chi connectivity index (χ3n) is 2.43. The molecule has 1 aromatic heterocycles. The zero-order valence-electron chi connectivity index (χ0n) is 9.51. The number of rotatable bonds is 4. The van der Waals surface area contributed by atoms with Gasteiger partial charge < -0.3 is 20.1 Å². The van der Waals surface area contributed by atoms with E-state index in [0.29, 0.717) is 5.75 Å². The molecule has 0 saturated carbocycles. The van der Waals surface area contributed by atoms with Crippen molar-refractivity contribution in [3.05, 3.63) is 30.0 Å². The van der Waals surface area contributed by atoms with E-state index in [1.165, 1.54) is 0 Å². The minimum Gasteiger partial charge on any atom is -0.481 e. The molecule has 0 saturated heterocycles. The fraction of sp³-hybridized carbons (Fsp3) is 0.250. The van der Waals surface area contributed by atoms with Gasteiger partial charge in [-0.25, -0.2) is 0 Å². The number of para-hydroxylation sites is 1. The second-order valence-corrected chi connectivity index (χ2v) is 3.58. The van der Waals surface area contributed by atoms with E-state index < -0.39 is 0 Å². The molecule has 2 aromatic rings. The molecule has 1 heterocycles. The van der Waals surface area contributed by atoms with Crippen LogP contribution < -0.4 is 10.5 Å². The minimum atomic E-state index is 0.0253. The molecule has 5 heteroatoms. The van der Waals surface area contributed by atoms with Crippen LogP contribution in [0.5, 0.6) is 5.75 Å². The van der Waals surface area contributed by atoms with Gasteiger partial charge in [-0.15, -0.1) is 0 Å². The molecule has 90 valence electrons. The lowest BCUT2D eigenvalue weighted by molar-refractivity contribution is 0.305. The standard InChI is InChI=1S/C12H14N2O3/c1-2-9-12(16-7-11(13)14-15)8-5-3-4-6-10(8)17-9/h3-6,15H,2,7H2,1H3,(H2,13,14). The molecule has 2 rings (SSSR count). The molecule has 0 aliphatic rings. The highest BCUT2D eigenvalue weighted by atomic mass is 16.5. The van der Waals surface area contributed by atoms with Crippen LogP contribution in [0.4, 0.5) is 0 Å². The second-order valence-electron chi connectivity index (χ2n) is 3.58. The third-order valence-corrected chi connectivity index (χ3v) is 2.43. The number of amidine groups is 1. The highest BCUT2D eigenvalue weighted by Crippen LogP contribution is 2.33. The van der Waals surface area contributed by atoms with Crippen LogP contribution in [0.2, 0.25) is 0 Å². The van der Waals surface area contributed by atoms with Gasteiger partial charge in [-0.2, -0.15) is 0 Å². The molecule has 5 nitrogen and oxygen atoms in total.